The van der Waals surface area contributed by atoms with Gasteiger partial charge in [0.2, 0.25) is 0 Å². The van der Waals surface area contributed by atoms with Crippen molar-refractivity contribution in [1.82, 2.24) is 5.32 Å². The Balaban J connectivity index is 1.43. The minimum atomic E-state index is -3.85. The fourth-order valence-electron chi connectivity index (χ4n) is 4.07. The third kappa shape index (κ3) is 4.58. The Morgan fingerprint density at radius 2 is 1.79 bits per heavy atom. The quantitative estimate of drug-likeness (QED) is 0.289. The molecule has 0 aliphatic carbocycles. The van der Waals surface area contributed by atoms with Gasteiger partial charge in [0.05, 0.1) is 15.5 Å². The van der Waals surface area contributed by atoms with Crippen LogP contribution in [0.1, 0.15) is 22.8 Å². The third-order valence-corrected chi connectivity index (χ3v) is 7.55. The largest absolute Gasteiger partial charge is 0.378 e. The van der Waals surface area contributed by atoms with Gasteiger partial charge in [0, 0.05) is 30.8 Å². The Kier molecular flexibility index (Phi) is 6.51. The molecule has 1 aliphatic heterocycles. The fourth-order valence-corrected chi connectivity index (χ4v) is 5.81. The minimum absolute atomic E-state index is 0.0433. The summed E-state index contributed by atoms with van der Waals surface area (Å²) in [7, 11) is -3.85. The first-order valence-electron chi connectivity index (χ1n) is 10.8. The number of anilines is 2. The smallest absolute Gasteiger partial charge is 0.292 e. The van der Waals surface area contributed by atoms with Gasteiger partial charge < -0.3 is 10.6 Å². The SMILES string of the molecule is CC1Cc2ccccc2N1S(=O)(=O)c1cccc(C(=O)NCCNc2ccccc2[N+](=O)[O-])c1. The zero-order valence-corrected chi connectivity index (χ0v) is 19.3. The van der Waals surface area contributed by atoms with Crippen molar-refractivity contribution in [3.63, 3.8) is 0 Å². The van der Waals surface area contributed by atoms with Crippen molar-refractivity contribution in [3.8, 4) is 0 Å². The predicted octanol–water partition coefficient (Wildman–Crippen LogP) is 3.58. The summed E-state index contributed by atoms with van der Waals surface area (Å²) in [6.07, 6.45) is 0.627. The van der Waals surface area contributed by atoms with Crippen LogP contribution in [0.25, 0.3) is 0 Å². The molecular formula is C24H24N4O5S. The van der Waals surface area contributed by atoms with Gasteiger partial charge in [-0.05, 0) is 49.2 Å². The first-order chi connectivity index (χ1) is 16.3. The number of amides is 1. The van der Waals surface area contributed by atoms with E-state index in [1.54, 1.807) is 42.5 Å². The van der Waals surface area contributed by atoms with Gasteiger partial charge in [-0.2, -0.15) is 0 Å². The van der Waals surface area contributed by atoms with Crippen LogP contribution in [0.2, 0.25) is 0 Å². The van der Waals surface area contributed by atoms with E-state index in [2.05, 4.69) is 10.6 Å². The van der Waals surface area contributed by atoms with Crippen molar-refractivity contribution in [1.29, 1.82) is 0 Å². The highest BCUT2D eigenvalue weighted by Crippen LogP contribution is 2.36. The highest BCUT2D eigenvalue weighted by atomic mass is 32.2. The lowest BCUT2D eigenvalue weighted by Crippen LogP contribution is -2.36. The molecule has 34 heavy (non-hydrogen) atoms. The van der Waals surface area contributed by atoms with Crippen LogP contribution in [0.5, 0.6) is 0 Å². The maximum atomic E-state index is 13.4. The molecule has 1 amide bonds. The monoisotopic (exact) mass is 480 g/mol. The summed E-state index contributed by atoms with van der Waals surface area (Å²) in [6.45, 7) is 2.31. The lowest BCUT2D eigenvalue weighted by atomic mass is 10.1. The van der Waals surface area contributed by atoms with Crippen molar-refractivity contribution in [2.75, 3.05) is 22.7 Å². The van der Waals surface area contributed by atoms with Crippen LogP contribution in [-0.4, -0.2) is 38.4 Å². The molecule has 1 heterocycles. The van der Waals surface area contributed by atoms with E-state index in [4.69, 9.17) is 0 Å². The topological polar surface area (TPSA) is 122 Å². The average Bonchev–Trinajstić information content (AvgIpc) is 3.18. The van der Waals surface area contributed by atoms with Gasteiger partial charge >= 0.3 is 0 Å². The van der Waals surface area contributed by atoms with E-state index in [-0.39, 0.29) is 35.3 Å². The predicted molar refractivity (Wildman–Crippen MR) is 130 cm³/mol. The number of para-hydroxylation sites is 3. The van der Waals surface area contributed by atoms with Crippen LogP contribution in [0.4, 0.5) is 17.1 Å². The number of rotatable bonds is 8. The molecule has 176 valence electrons. The van der Waals surface area contributed by atoms with Crippen LogP contribution in [0.15, 0.2) is 77.7 Å². The summed E-state index contributed by atoms with van der Waals surface area (Å²) in [5, 5.41) is 16.7. The molecule has 0 spiro atoms. The number of carbonyl (C=O) groups excluding carboxylic acids is 1. The Bertz CT molecular complexity index is 1340. The van der Waals surface area contributed by atoms with Crippen LogP contribution in [-0.2, 0) is 16.4 Å². The molecule has 4 rings (SSSR count). The number of nitro groups is 1. The van der Waals surface area contributed by atoms with Crippen LogP contribution >= 0.6 is 0 Å². The van der Waals surface area contributed by atoms with E-state index in [9.17, 15) is 23.3 Å². The number of nitrogens with zero attached hydrogens (tertiary/aromatic N) is 2. The molecule has 0 aromatic heterocycles. The number of hydrogen-bond donors (Lipinski definition) is 2. The van der Waals surface area contributed by atoms with Gasteiger partial charge in [-0.3, -0.25) is 19.2 Å². The number of nitro benzene ring substituents is 1. The molecule has 3 aromatic rings. The molecular weight excluding hydrogens is 456 g/mol. The van der Waals surface area contributed by atoms with E-state index in [1.807, 2.05) is 19.1 Å². The minimum Gasteiger partial charge on any atom is -0.378 e. The molecule has 1 atom stereocenters. The Labute approximate surface area is 197 Å². The first-order valence-corrected chi connectivity index (χ1v) is 12.2. The second kappa shape index (κ2) is 9.52. The van der Waals surface area contributed by atoms with Crippen LogP contribution in [0, 0.1) is 10.1 Å². The highest BCUT2D eigenvalue weighted by Gasteiger charge is 2.36. The highest BCUT2D eigenvalue weighted by molar-refractivity contribution is 7.92. The lowest BCUT2D eigenvalue weighted by molar-refractivity contribution is -0.384. The summed E-state index contributed by atoms with van der Waals surface area (Å²) in [5.74, 6) is -0.434. The summed E-state index contributed by atoms with van der Waals surface area (Å²) >= 11 is 0. The van der Waals surface area contributed by atoms with E-state index >= 15 is 0 Å². The molecule has 3 aromatic carbocycles. The van der Waals surface area contributed by atoms with Gasteiger partial charge in [-0.15, -0.1) is 0 Å². The van der Waals surface area contributed by atoms with Crippen molar-refractivity contribution in [3.05, 3.63) is 94.0 Å². The van der Waals surface area contributed by atoms with E-state index in [0.717, 1.165) is 5.56 Å². The molecule has 10 heteroatoms. The number of sulfonamides is 1. The summed E-state index contributed by atoms with van der Waals surface area (Å²) in [5.41, 5.74) is 2.15. The van der Waals surface area contributed by atoms with Crippen molar-refractivity contribution >= 4 is 33.0 Å². The number of carbonyl (C=O) groups is 1. The lowest BCUT2D eigenvalue weighted by Gasteiger charge is -2.24. The first kappa shape index (κ1) is 23.2. The van der Waals surface area contributed by atoms with E-state index in [1.165, 1.54) is 22.5 Å². The molecule has 1 aliphatic rings. The number of hydrogen-bond acceptors (Lipinski definition) is 6. The van der Waals surface area contributed by atoms with Crippen molar-refractivity contribution < 1.29 is 18.1 Å². The normalized spacial score (nSPS) is 15.0. The fraction of sp³-hybridized carbons (Fsp3) is 0.208. The molecule has 0 radical (unpaired) electrons. The van der Waals surface area contributed by atoms with Gasteiger partial charge in [-0.25, -0.2) is 8.42 Å². The number of benzene rings is 3. The zero-order valence-electron chi connectivity index (χ0n) is 18.5. The second-order valence-electron chi connectivity index (χ2n) is 7.97. The molecule has 0 saturated carbocycles. The maximum absolute atomic E-state index is 13.4. The molecule has 9 nitrogen and oxygen atoms in total. The van der Waals surface area contributed by atoms with Gasteiger partial charge in [0.15, 0.2) is 0 Å². The molecule has 0 fully saturated rings. The van der Waals surface area contributed by atoms with E-state index in [0.29, 0.717) is 17.8 Å². The number of fused-ring (bicyclic) bond motifs is 1. The number of nitrogens with one attached hydrogen (secondary N) is 2. The van der Waals surface area contributed by atoms with Crippen molar-refractivity contribution in [2.24, 2.45) is 0 Å². The average molecular weight is 481 g/mol. The van der Waals surface area contributed by atoms with E-state index < -0.39 is 20.9 Å². The molecule has 2 N–H and O–H groups in total. The van der Waals surface area contributed by atoms with Gasteiger partial charge in [-0.1, -0.05) is 36.4 Å². The van der Waals surface area contributed by atoms with Crippen molar-refractivity contribution in [2.45, 2.75) is 24.3 Å². The summed E-state index contributed by atoms with van der Waals surface area (Å²) in [6, 6.07) is 19.4. The zero-order chi connectivity index (χ0) is 24.3. The maximum Gasteiger partial charge on any atom is 0.292 e. The Morgan fingerprint density at radius 1 is 1.06 bits per heavy atom. The standard InChI is InChI=1S/C24H24N4O5S/c1-17-15-18-7-2-4-11-22(18)27(17)34(32,33)20-9-6-8-19(16-20)24(29)26-14-13-25-21-10-3-5-12-23(21)28(30)31/h2-12,16-17,25H,13-15H2,1H3,(H,26,29). The summed E-state index contributed by atoms with van der Waals surface area (Å²) in [4.78, 5) is 23.3. The molecule has 1 unspecified atom stereocenters. The second-order valence-corrected chi connectivity index (χ2v) is 9.78. The Hall–Kier alpha value is -3.92. The van der Waals surface area contributed by atoms with Crippen LogP contribution < -0.4 is 14.9 Å². The van der Waals surface area contributed by atoms with Crippen LogP contribution in [0.3, 0.4) is 0 Å². The third-order valence-electron chi connectivity index (χ3n) is 5.62. The Morgan fingerprint density at radius 3 is 2.59 bits per heavy atom. The van der Waals surface area contributed by atoms with Gasteiger partial charge in [0.1, 0.15) is 5.69 Å². The molecule has 0 bridgehead atoms. The van der Waals surface area contributed by atoms with Gasteiger partial charge in [0.25, 0.3) is 21.6 Å². The molecule has 0 saturated heterocycles. The summed E-state index contributed by atoms with van der Waals surface area (Å²) < 4.78 is 28.2.